The van der Waals surface area contributed by atoms with E-state index in [1.54, 1.807) is 0 Å². The van der Waals surface area contributed by atoms with Gasteiger partial charge in [0, 0.05) is 23.9 Å². The third-order valence-electron chi connectivity index (χ3n) is 6.30. The zero-order chi connectivity index (χ0) is 16.6. The van der Waals surface area contributed by atoms with Gasteiger partial charge in [-0.15, -0.1) is 0 Å². The van der Waals surface area contributed by atoms with Crippen LogP contribution in [0.25, 0.3) is 11.3 Å². The predicted octanol–water partition coefficient (Wildman–Crippen LogP) is 4.59. The van der Waals surface area contributed by atoms with Crippen LogP contribution in [0.4, 0.5) is 0 Å². The van der Waals surface area contributed by atoms with Gasteiger partial charge in [-0.3, -0.25) is 9.88 Å². The molecular weight excluding hydrogens is 308 g/mol. The molecule has 2 bridgehead atoms. The monoisotopic (exact) mass is 334 g/mol. The summed E-state index contributed by atoms with van der Waals surface area (Å²) in [6.45, 7) is 4.35. The van der Waals surface area contributed by atoms with E-state index in [4.69, 9.17) is 4.74 Å². The van der Waals surface area contributed by atoms with Crippen LogP contribution in [0, 0.1) is 0 Å². The second-order valence-corrected chi connectivity index (χ2v) is 7.76. The first kappa shape index (κ1) is 15.4. The van der Waals surface area contributed by atoms with Crippen molar-refractivity contribution in [3.63, 3.8) is 0 Å². The molecule has 1 aliphatic heterocycles. The van der Waals surface area contributed by atoms with Crippen LogP contribution >= 0.6 is 0 Å². The van der Waals surface area contributed by atoms with Crippen molar-refractivity contribution in [2.75, 3.05) is 26.2 Å². The highest BCUT2D eigenvalue weighted by Gasteiger charge is 2.41. The first-order valence-corrected chi connectivity index (χ1v) is 9.83. The van der Waals surface area contributed by atoms with Gasteiger partial charge in [-0.1, -0.05) is 6.07 Å². The summed E-state index contributed by atoms with van der Waals surface area (Å²) in [6, 6.07) is 10.7. The molecule has 25 heavy (non-hydrogen) atoms. The topological polar surface area (TPSA) is 25.4 Å². The molecule has 2 aliphatic carbocycles. The smallest absolute Gasteiger partial charge is 0.123 e. The quantitative estimate of drug-likeness (QED) is 0.800. The van der Waals surface area contributed by atoms with Crippen LogP contribution in [0.1, 0.15) is 55.1 Å². The Hall–Kier alpha value is -1.87. The molecule has 3 aliphatic rings. The van der Waals surface area contributed by atoms with Crippen molar-refractivity contribution in [2.45, 2.75) is 43.9 Å². The highest BCUT2D eigenvalue weighted by molar-refractivity contribution is 5.71. The number of pyridine rings is 1. The number of nitrogens with zero attached hydrogens (tertiary/aromatic N) is 2. The zero-order valence-corrected chi connectivity index (χ0v) is 14.8. The van der Waals surface area contributed by atoms with Crippen molar-refractivity contribution in [3.05, 3.63) is 47.7 Å². The molecule has 2 aromatic rings. The van der Waals surface area contributed by atoms with E-state index < -0.39 is 0 Å². The number of likely N-dealkylation sites (tertiary alicyclic amines) is 1. The van der Waals surface area contributed by atoms with E-state index in [1.807, 2.05) is 12.3 Å². The van der Waals surface area contributed by atoms with Crippen LogP contribution in [0.15, 0.2) is 36.5 Å². The molecule has 0 N–H and O–H groups in total. The van der Waals surface area contributed by atoms with Gasteiger partial charge in [0.15, 0.2) is 0 Å². The molecule has 3 nitrogen and oxygen atoms in total. The molecule has 2 atom stereocenters. The molecule has 2 unspecified atom stereocenters. The Bertz CT molecular complexity index is 752. The van der Waals surface area contributed by atoms with E-state index in [1.165, 1.54) is 61.9 Å². The Morgan fingerprint density at radius 2 is 1.84 bits per heavy atom. The summed E-state index contributed by atoms with van der Waals surface area (Å²) in [7, 11) is 0. The van der Waals surface area contributed by atoms with Gasteiger partial charge in [-0.25, -0.2) is 0 Å². The Labute approximate surface area is 150 Å². The minimum atomic E-state index is 0.699. The Morgan fingerprint density at radius 3 is 2.64 bits per heavy atom. The SMILES string of the molecule is c1ccc(-c2ccc(OCCN3CCCC3)c3c2C2CCC3C2)nc1. The molecule has 2 fully saturated rings. The number of aromatic nitrogens is 1. The normalized spacial score (nSPS) is 24.6. The lowest BCUT2D eigenvalue weighted by Crippen LogP contribution is -2.25. The fourth-order valence-electron chi connectivity index (χ4n) is 5.15. The van der Waals surface area contributed by atoms with Gasteiger partial charge in [-0.2, -0.15) is 0 Å². The maximum absolute atomic E-state index is 6.29. The predicted molar refractivity (Wildman–Crippen MR) is 100 cm³/mol. The summed E-state index contributed by atoms with van der Waals surface area (Å²) in [5.41, 5.74) is 5.47. The fraction of sp³-hybridized carbons (Fsp3) is 0.500. The first-order valence-electron chi connectivity index (χ1n) is 9.83. The van der Waals surface area contributed by atoms with Crippen molar-refractivity contribution >= 4 is 0 Å². The molecule has 0 radical (unpaired) electrons. The molecule has 0 amide bonds. The molecule has 1 saturated carbocycles. The molecule has 1 aromatic carbocycles. The Balaban J connectivity index is 1.43. The third-order valence-corrected chi connectivity index (χ3v) is 6.30. The van der Waals surface area contributed by atoms with E-state index in [0.29, 0.717) is 11.8 Å². The van der Waals surface area contributed by atoms with Crippen LogP contribution < -0.4 is 4.74 Å². The number of fused-ring (bicyclic) bond motifs is 5. The largest absolute Gasteiger partial charge is 0.492 e. The third kappa shape index (κ3) is 2.75. The maximum atomic E-state index is 6.29. The lowest BCUT2D eigenvalue weighted by atomic mass is 9.86. The van der Waals surface area contributed by atoms with Crippen molar-refractivity contribution in [1.29, 1.82) is 0 Å². The van der Waals surface area contributed by atoms with E-state index in [-0.39, 0.29) is 0 Å². The van der Waals surface area contributed by atoms with E-state index in [9.17, 15) is 0 Å². The van der Waals surface area contributed by atoms with Gasteiger partial charge in [0.1, 0.15) is 12.4 Å². The number of ether oxygens (including phenoxy) is 1. The van der Waals surface area contributed by atoms with Crippen LogP contribution in [-0.4, -0.2) is 36.1 Å². The summed E-state index contributed by atoms with van der Waals surface area (Å²) in [5.74, 6) is 2.55. The van der Waals surface area contributed by atoms with Gasteiger partial charge in [-0.05, 0) is 86.9 Å². The van der Waals surface area contributed by atoms with Crippen molar-refractivity contribution in [3.8, 4) is 17.0 Å². The lowest BCUT2D eigenvalue weighted by molar-refractivity contribution is 0.235. The highest BCUT2D eigenvalue weighted by Crippen LogP contribution is 2.58. The number of hydrogen-bond donors (Lipinski definition) is 0. The van der Waals surface area contributed by atoms with Crippen LogP contribution in [0.3, 0.4) is 0 Å². The molecular formula is C22H26N2O. The lowest BCUT2D eigenvalue weighted by Gasteiger charge is -2.23. The Morgan fingerprint density at radius 1 is 1.00 bits per heavy atom. The number of rotatable bonds is 5. The van der Waals surface area contributed by atoms with E-state index >= 15 is 0 Å². The summed E-state index contributed by atoms with van der Waals surface area (Å²) in [4.78, 5) is 7.13. The van der Waals surface area contributed by atoms with Crippen LogP contribution in [0.5, 0.6) is 5.75 Å². The molecule has 2 heterocycles. The van der Waals surface area contributed by atoms with Gasteiger partial charge in [0.25, 0.3) is 0 Å². The van der Waals surface area contributed by atoms with Gasteiger partial charge in [0.2, 0.25) is 0 Å². The molecule has 3 heteroatoms. The summed E-state index contributed by atoms with van der Waals surface area (Å²) in [5, 5.41) is 0. The molecule has 1 aromatic heterocycles. The second-order valence-electron chi connectivity index (χ2n) is 7.76. The van der Waals surface area contributed by atoms with Crippen LogP contribution in [-0.2, 0) is 0 Å². The van der Waals surface area contributed by atoms with Gasteiger partial charge >= 0.3 is 0 Å². The van der Waals surface area contributed by atoms with Crippen molar-refractivity contribution < 1.29 is 4.74 Å². The average Bonchev–Trinajstić information content (AvgIpc) is 3.40. The zero-order valence-electron chi connectivity index (χ0n) is 14.8. The standard InChI is InChI=1S/C22H26N2O/c1-2-10-23-19(5-1)18-8-9-20(25-14-13-24-11-3-4-12-24)22-17-7-6-16(15-17)21(18)22/h1-2,5,8-10,16-17H,3-4,6-7,11-15H2. The van der Waals surface area contributed by atoms with E-state index in [0.717, 1.165) is 24.6 Å². The molecule has 5 rings (SSSR count). The van der Waals surface area contributed by atoms with Gasteiger partial charge in [0.05, 0.1) is 5.69 Å². The average molecular weight is 334 g/mol. The summed E-state index contributed by atoms with van der Waals surface area (Å²) >= 11 is 0. The Kier molecular flexibility index (Phi) is 3.97. The second kappa shape index (κ2) is 6.45. The number of benzene rings is 1. The number of hydrogen-bond acceptors (Lipinski definition) is 3. The molecule has 0 spiro atoms. The summed E-state index contributed by atoms with van der Waals surface area (Å²) in [6.07, 6.45) is 8.55. The minimum absolute atomic E-state index is 0.699. The maximum Gasteiger partial charge on any atom is 0.123 e. The molecule has 130 valence electrons. The first-order chi connectivity index (χ1) is 12.4. The minimum Gasteiger partial charge on any atom is -0.492 e. The van der Waals surface area contributed by atoms with Crippen molar-refractivity contribution in [2.24, 2.45) is 0 Å². The fourth-order valence-corrected chi connectivity index (χ4v) is 5.15. The highest BCUT2D eigenvalue weighted by atomic mass is 16.5. The van der Waals surface area contributed by atoms with E-state index in [2.05, 4.69) is 34.1 Å². The summed E-state index contributed by atoms with van der Waals surface area (Å²) < 4.78 is 6.29. The van der Waals surface area contributed by atoms with Crippen molar-refractivity contribution in [1.82, 2.24) is 9.88 Å². The molecule has 1 saturated heterocycles. The van der Waals surface area contributed by atoms with Gasteiger partial charge < -0.3 is 4.74 Å². The van der Waals surface area contributed by atoms with Crippen LogP contribution in [0.2, 0.25) is 0 Å².